The molecule has 1 aromatic rings. The van der Waals surface area contributed by atoms with E-state index < -0.39 is 8.56 Å². The maximum Gasteiger partial charge on any atom is 0.370 e. The molecule has 1 aliphatic heterocycles. The van der Waals surface area contributed by atoms with Crippen molar-refractivity contribution in [3.8, 4) is 0 Å². The second-order valence-corrected chi connectivity index (χ2v) is 9.96. The normalized spacial score (nSPS) is 23.6. The first-order valence-electron chi connectivity index (χ1n) is 8.36. The third-order valence-corrected chi connectivity index (χ3v) is 9.48. The Kier molecular flexibility index (Phi) is 6.47. The molecule has 2 rings (SSSR count). The Bertz CT molecular complexity index is 496. The number of hydrogen-bond donors (Lipinski definition) is 2. The number of benzene rings is 1. The summed E-state index contributed by atoms with van der Waals surface area (Å²) in [5, 5.41) is 3.18. The van der Waals surface area contributed by atoms with Crippen LogP contribution in [0.25, 0.3) is 0 Å². The second kappa shape index (κ2) is 8.15. The second-order valence-electron chi connectivity index (χ2n) is 6.22. The summed E-state index contributed by atoms with van der Waals surface area (Å²) in [6.45, 7) is 0.881. The minimum atomic E-state index is -2.32. The van der Waals surface area contributed by atoms with E-state index in [0.717, 1.165) is 43.2 Å². The van der Waals surface area contributed by atoms with E-state index in [1.165, 1.54) is 12.8 Å². The molecule has 0 aliphatic carbocycles. The van der Waals surface area contributed by atoms with Gasteiger partial charge in [-0.05, 0) is 43.5 Å². The summed E-state index contributed by atoms with van der Waals surface area (Å²) in [6, 6.07) is 8.85. The van der Waals surface area contributed by atoms with Crippen LogP contribution in [0.5, 0.6) is 0 Å². The number of nitrogen functional groups attached to an aromatic ring is 1. The Morgan fingerprint density at radius 2 is 2.00 bits per heavy atom. The molecule has 0 saturated carbocycles. The number of rotatable bonds is 8. The van der Waals surface area contributed by atoms with E-state index in [1.54, 1.807) is 21.3 Å². The molecule has 130 valence electrons. The number of ether oxygens (including phenoxy) is 1. The summed E-state index contributed by atoms with van der Waals surface area (Å²) in [5.41, 5.74) is 7.64. The molecule has 0 radical (unpaired) electrons. The van der Waals surface area contributed by atoms with Crippen LogP contribution in [0.15, 0.2) is 24.3 Å². The molecule has 5 nitrogen and oxygen atoms in total. The lowest BCUT2D eigenvalue weighted by Gasteiger charge is -2.48. The first-order chi connectivity index (χ1) is 11.1. The van der Waals surface area contributed by atoms with Gasteiger partial charge >= 0.3 is 8.56 Å². The fourth-order valence-corrected chi connectivity index (χ4v) is 7.69. The summed E-state index contributed by atoms with van der Waals surface area (Å²) in [6.07, 6.45) is 5.32. The fraction of sp³-hybridized carbons (Fsp3) is 0.647. The number of nitrogens with two attached hydrogens (primary N) is 1. The largest absolute Gasteiger partial charge is 0.399 e. The van der Waals surface area contributed by atoms with Crippen LogP contribution in [0.4, 0.5) is 11.4 Å². The number of hydrogen-bond acceptors (Lipinski definition) is 5. The molecule has 1 heterocycles. The highest BCUT2D eigenvalue weighted by Crippen LogP contribution is 2.42. The Morgan fingerprint density at radius 3 is 2.65 bits per heavy atom. The average Bonchev–Trinajstić information content (AvgIpc) is 2.59. The molecule has 23 heavy (non-hydrogen) atoms. The van der Waals surface area contributed by atoms with Gasteiger partial charge < -0.3 is 24.6 Å². The third-order valence-electron chi connectivity index (χ3n) is 5.05. The Morgan fingerprint density at radius 1 is 1.22 bits per heavy atom. The van der Waals surface area contributed by atoms with E-state index in [-0.39, 0.29) is 5.22 Å². The molecule has 1 aromatic carbocycles. The van der Waals surface area contributed by atoms with Gasteiger partial charge in [0.1, 0.15) is 5.22 Å². The maximum atomic E-state index is 6.01. The smallest absolute Gasteiger partial charge is 0.370 e. The van der Waals surface area contributed by atoms with Crippen molar-refractivity contribution in [1.29, 1.82) is 0 Å². The van der Waals surface area contributed by atoms with Gasteiger partial charge in [0.15, 0.2) is 0 Å². The summed E-state index contributed by atoms with van der Waals surface area (Å²) in [7, 11) is 3.04. The zero-order valence-corrected chi connectivity index (χ0v) is 15.6. The minimum absolute atomic E-state index is 0.244. The average molecular weight is 339 g/mol. The number of methoxy groups -OCH3 is 1. The van der Waals surface area contributed by atoms with Crippen molar-refractivity contribution in [1.82, 2.24) is 0 Å². The Labute approximate surface area is 140 Å². The van der Waals surface area contributed by atoms with E-state index in [1.807, 2.05) is 24.3 Å². The SMILES string of the molecule is COC1(CCCNc2cccc(N)c2)CCCC[Si]1(OC)OC. The van der Waals surface area contributed by atoms with Gasteiger partial charge in [0.05, 0.1) is 0 Å². The highest BCUT2D eigenvalue weighted by Gasteiger charge is 2.58. The van der Waals surface area contributed by atoms with E-state index in [4.69, 9.17) is 19.3 Å². The fourth-order valence-electron chi connectivity index (χ4n) is 3.78. The van der Waals surface area contributed by atoms with E-state index in [2.05, 4.69) is 5.32 Å². The third kappa shape index (κ3) is 3.88. The lowest BCUT2D eigenvalue weighted by atomic mass is 10.1. The highest BCUT2D eigenvalue weighted by molar-refractivity contribution is 6.70. The van der Waals surface area contributed by atoms with Crippen LogP contribution >= 0.6 is 0 Å². The van der Waals surface area contributed by atoms with Crippen LogP contribution in [0.3, 0.4) is 0 Å². The molecule has 1 saturated heterocycles. The van der Waals surface area contributed by atoms with Crippen molar-refractivity contribution in [2.24, 2.45) is 0 Å². The van der Waals surface area contributed by atoms with Crippen LogP contribution < -0.4 is 11.1 Å². The zero-order chi connectivity index (χ0) is 16.8. The van der Waals surface area contributed by atoms with Gasteiger partial charge in [-0.2, -0.15) is 0 Å². The van der Waals surface area contributed by atoms with Crippen molar-refractivity contribution in [2.45, 2.75) is 43.4 Å². The van der Waals surface area contributed by atoms with Crippen molar-refractivity contribution in [3.63, 3.8) is 0 Å². The van der Waals surface area contributed by atoms with Gasteiger partial charge in [-0.3, -0.25) is 0 Å². The summed E-state index contributed by atoms with van der Waals surface area (Å²) < 4.78 is 17.9. The van der Waals surface area contributed by atoms with Crippen LogP contribution in [0.1, 0.15) is 32.1 Å². The van der Waals surface area contributed by atoms with E-state index in [0.29, 0.717) is 0 Å². The molecule has 1 aliphatic rings. The summed E-state index contributed by atoms with van der Waals surface area (Å²) in [5.74, 6) is 0. The molecule has 3 N–H and O–H groups in total. The molecular weight excluding hydrogens is 308 g/mol. The molecule has 6 heteroatoms. The molecule has 0 bridgehead atoms. The molecule has 1 fully saturated rings. The van der Waals surface area contributed by atoms with Crippen molar-refractivity contribution in [3.05, 3.63) is 24.3 Å². The van der Waals surface area contributed by atoms with Gasteiger partial charge in [-0.1, -0.05) is 18.9 Å². The predicted molar refractivity (Wildman–Crippen MR) is 96.7 cm³/mol. The Hall–Kier alpha value is -1.08. The monoisotopic (exact) mass is 338 g/mol. The van der Waals surface area contributed by atoms with Gasteiger partial charge in [0, 0.05) is 39.2 Å². The van der Waals surface area contributed by atoms with Crippen molar-refractivity contribution in [2.75, 3.05) is 38.9 Å². The minimum Gasteiger partial charge on any atom is -0.399 e. The van der Waals surface area contributed by atoms with Gasteiger partial charge in [0.25, 0.3) is 0 Å². The van der Waals surface area contributed by atoms with Crippen molar-refractivity contribution < 1.29 is 13.6 Å². The van der Waals surface area contributed by atoms with Crippen LogP contribution in [-0.4, -0.2) is 41.7 Å². The lowest BCUT2D eigenvalue weighted by molar-refractivity contribution is -0.0151. The lowest BCUT2D eigenvalue weighted by Crippen LogP contribution is -2.64. The Balaban J connectivity index is 1.95. The van der Waals surface area contributed by atoms with Crippen LogP contribution in [0.2, 0.25) is 6.04 Å². The topological polar surface area (TPSA) is 65.7 Å². The maximum absolute atomic E-state index is 6.01. The first kappa shape index (κ1) is 18.3. The molecule has 1 unspecified atom stereocenters. The standard InChI is InChI=1S/C17H30N2O3Si/c1-20-17(10-4-5-13-23(17,21-2)22-3)11-7-12-19-16-9-6-8-15(18)14-16/h6,8-9,14,19H,4-5,7,10-13,18H2,1-3H3. The van der Waals surface area contributed by atoms with Crippen molar-refractivity contribution >= 4 is 19.9 Å². The zero-order valence-electron chi connectivity index (χ0n) is 14.6. The van der Waals surface area contributed by atoms with Crippen LogP contribution in [-0.2, 0) is 13.6 Å². The quantitative estimate of drug-likeness (QED) is 0.432. The highest BCUT2D eigenvalue weighted by atomic mass is 28.4. The number of nitrogens with one attached hydrogen (secondary N) is 1. The van der Waals surface area contributed by atoms with E-state index in [9.17, 15) is 0 Å². The van der Waals surface area contributed by atoms with Gasteiger partial charge in [-0.25, -0.2) is 0 Å². The first-order valence-corrected chi connectivity index (χ1v) is 10.4. The molecule has 0 amide bonds. The molecular formula is C17H30N2O3Si. The predicted octanol–water partition coefficient (Wildman–Crippen LogP) is 3.30. The van der Waals surface area contributed by atoms with Gasteiger partial charge in [0.2, 0.25) is 0 Å². The molecule has 0 spiro atoms. The summed E-state index contributed by atoms with van der Waals surface area (Å²) in [4.78, 5) is 0. The van der Waals surface area contributed by atoms with Crippen LogP contribution in [0, 0.1) is 0 Å². The number of anilines is 2. The van der Waals surface area contributed by atoms with Gasteiger partial charge in [-0.15, -0.1) is 0 Å². The molecule has 1 atom stereocenters. The summed E-state index contributed by atoms with van der Waals surface area (Å²) >= 11 is 0. The molecule has 0 aromatic heterocycles. The van der Waals surface area contributed by atoms with E-state index >= 15 is 0 Å².